The van der Waals surface area contributed by atoms with E-state index in [1.54, 1.807) is 31.4 Å². The van der Waals surface area contributed by atoms with Crippen molar-refractivity contribution in [1.82, 2.24) is 0 Å². The Balaban J connectivity index is 2.28. The molecule has 1 fully saturated rings. The molecule has 1 heterocycles. The zero-order valence-electron chi connectivity index (χ0n) is 9.22. The number of anilines is 1. The smallest absolute Gasteiger partial charge is 0.235 e. The van der Waals surface area contributed by atoms with Crippen LogP contribution in [0.4, 0.5) is 5.69 Å². The summed E-state index contributed by atoms with van der Waals surface area (Å²) in [5.41, 5.74) is 0.723. The van der Waals surface area contributed by atoms with Crippen molar-refractivity contribution >= 4 is 15.7 Å². The summed E-state index contributed by atoms with van der Waals surface area (Å²) in [6, 6.07) is 7.11. The second kappa shape index (κ2) is 4.33. The number of sulfonamides is 1. The number of rotatable bonds is 2. The van der Waals surface area contributed by atoms with Gasteiger partial charge >= 0.3 is 0 Å². The van der Waals surface area contributed by atoms with E-state index in [-0.39, 0.29) is 5.75 Å². The molecule has 1 saturated heterocycles. The lowest BCUT2D eigenvalue weighted by Crippen LogP contribution is -2.37. The summed E-state index contributed by atoms with van der Waals surface area (Å²) in [5, 5.41) is 0. The minimum absolute atomic E-state index is 0.249. The van der Waals surface area contributed by atoms with Gasteiger partial charge in [0.2, 0.25) is 10.0 Å². The Labute approximate surface area is 95.9 Å². The number of ether oxygens (including phenoxy) is 1. The molecule has 5 heteroatoms. The number of hydrogen-bond acceptors (Lipinski definition) is 3. The summed E-state index contributed by atoms with van der Waals surface area (Å²) in [5.74, 6) is 0.983. The number of hydrogen-bond donors (Lipinski definition) is 0. The molecular weight excluding hydrogens is 226 g/mol. The van der Waals surface area contributed by atoms with Crippen LogP contribution in [0.1, 0.15) is 12.8 Å². The van der Waals surface area contributed by atoms with Crippen LogP contribution in [-0.4, -0.2) is 27.8 Å². The first kappa shape index (κ1) is 11.3. The van der Waals surface area contributed by atoms with Crippen LogP contribution in [-0.2, 0) is 10.0 Å². The molecule has 16 heavy (non-hydrogen) atoms. The van der Waals surface area contributed by atoms with Gasteiger partial charge in [0.25, 0.3) is 0 Å². The molecule has 0 radical (unpaired) electrons. The monoisotopic (exact) mass is 241 g/mol. The Morgan fingerprint density at radius 2 is 1.88 bits per heavy atom. The van der Waals surface area contributed by atoms with Gasteiger partial charge in [0.1, 0.15) is 5.75 Å². The Kier molecular flexibility index (Phi) is 3.05. The number of benzene rings is 1. The predicted molar refractivity (Wildman–Crippen MR) is 63.4 cm³/mol. The van der Waals surface area contributed by atoms with Crippen molar-refractivity contribution in [3.05, 3.63) is 24.3 Å². The van der Waals surface area contributed by atoms with Crippen molar-refractivity contribution in [2.45, 2.75) is 12.8 Å². The predicted octanol–water partition coefficient (Wildman–Crippen LogP) is 1.63. The van der Waals surface area contributed by atoms with E-state index in [0.29, 0.717) is 6.54 Å². The molecule has 2 rings (SSSR count). The largest absolute Gasteiger partial charge is 0.497 e. The molecule has 0 aliphatic carbocycles. The molecule has 0 N–H and O–H groups in total. The Morgan fingerprint density at radius 3 is 2.44 bits per heavy atom. The van der Waals surface area contributed by atoms with Gasteiger partial charge in [0.15, 0.2) is 0 Å². The zero-order valence-corrected chi connectivity index (χ0v) is 10.0. The fourth-order valence-corrected chi connectivity index (χ4v) is 3.47. The van der Waals surface area contributed by atoms with Crippen molar-refractivity contribution in [3.63, 3.8) is 0 Å². The summed E-state index contributed by atoms with van der Waals surface area (Å²) < 4.78 is 30.2. The molecule has 1 aromatic rings. The molecule has 0 atom stereocenters. The fraction of sp³-hybridized carbons (Fsp3) is 0.455. The Bertz CT molecular complexity index is 453. The van der Waals surface area contributed by atoms with Gasteiger partial charge in [-0.1, -0.05) is 0 Å². The van der Waals surface area contributed by atoms with E-state index in [1.807, 2.05) is 0 Å². The third kappa shape index (κ3) is 2.14. The Morgan fingerprint density at radius 1 is 1.19 bits per heavy atom. The van der Waals surface area contributed by atoms with Crippen LogP contribution in [0.5, 0.6) is 5.75 Å². The zero-order chi connectivity index (χ0) is 11.6. The van der Waals surface area contributed by atoms with Crippen molar-refractivity contribution in [3.8, 4) is 5.75 Å². The number of methoxy groups -OCH3 is 1. The van der Waals surface area contributed by atoms with Gasteiger partial charge in [0.05, 0.1) is 18.6 Å². The normalized spacial score (nSPS) is 19.4. The van der Waals surface area contributed by atoms with Crippen LogP contribution in [0.2, 0.25) is 0 Å². The molecule has 4 nitrogen and oxygen atoms in total. The highest BCUT2D eigenvalue weighted by Crippen LogP contribution is 2.25. The third-order valence-electron chi connectivity index (χ3n) is 2.71. The van der Waals surface area contributed by atoms with Crippen LogP contribution in [0.15, 0.2) is 24.3 Å². The van der Waals surface area contributed by atoms with E-state index >= 15 is 0 Å². The van der Waals surface area contributed by atoms with E-state index in [9.17, 15) is 8.42 Å². The first-order valence-corrected chi connectivity index (χ1v) is 6.89. The maximum Gasteiger partial charge on any atom is 0.235 e. The maximum atomic E-state index is 11.8. The summed E-state index contributed by atoms with van der Waals surface area (Å²) in [7, 11) is -1.51. The van der Waals surface area contributed by atoms with Crippen LogP contribution < -0.4 is 9.04 Å². The quantitative estimate of drug-likeness (QED) is 0.790. The highest BCUT2D eigenvalue weighted by atomic mass is 32.2. The van der Waals surface area contributed by atoms with Crippen molar-refractivity contribution in [2.24, 2.45) is 0 Å². The average molecular weight is 241 g/mol. The van der Waals surface area contributed by atoms with Crippen LogP contribution in [0, 0.1) is 0 Å². The summed E-state index contributed by atoms with van der Waals surface area (Å²) in [6.07, 6.45) is 1.68. The lowest BCUT2D eigenvalue weighted by atomic mass is 10.3. The topological polar surface area (TPSA) is 46.6 Å². The molecule has 1 aliphatic heterocycles. The van der Waals surface area contributed by atoms with Gasteiger partial charge in [-0.3, -0.25) is 4.31 Å². The highest BCUT2D eigenvalue weighted by molar-refractivity contribution is 7.92. The standard InChI is InChI=1S/C11H15NO3S/c1-15-11-6-4-10(5-7-11)12-8-2-3-9-16(12,13)14/h4-7H,2-3,8-9H2,1H3. The molecule has 0 spiro atoms. The van der Waals surface area contributed by atoms with Crippen molar-refractivity contribution in [2.75, 3.05) is 23.7 Å². The van der Waals surface area contributed by atoms with Gasteiger partial charge in [-0.05, 0) is 37.1 Å². The second-order valence-electron chi connectivity index (χ2n) is 3.79. The van der Waals surface area contributed by atoms with E-state index in [2.05, 4.69) is 0 Å². The van der Waals surface area contributed by atoms with Crippen molar-refractivity contribution < 1.29 is 13.2 Å². The Hall–Kier alpha value is -1.23. The first-order valence-electron chi connectivity index (χ1n) is 5.28. The van der Waals surface area contributed by atoms with Crippen LogP contribution in [0.3, 0.4) is 0 Å². The molecule has 1 aromatic carbocycles. The van der Waals surface area contributed by atoms with E-state index in [1.165, 1.54) is 4.31 Å². The SMILES string of the molecule is COc1ccc(N2CCCCS2(=O)=O)cc1. The first-order chi connectivity index (χ1) is 7.63. The molecule has 0 amide bonds. The maximum absolute atomic E-state index is 11.8. The molecule has 0 saturated carbocycles. The fourth-order valence-electron chi connectivity index (χ4n) is 1.83. The van der Waals surface area contributed by atoms with Gasteiger partial charge < -0.3 is 4.74 Å². The van der Waals surface area contributed by atoms with E-state index < -0.39 is 10.0 Å². The lowest BCUT2D eigenvalue weighted by molar-refractivity contribution is 0.415. The van der Waals surface area contributed by atoms with Gasteiger partial charge in [0, 0.05) is 6.54 Å². The van der Waals surface area contributed by atoms with Gasteiger partial charge in [-0.25, -0.2) is 8.42 Å². The molecular formula is C11H15NO3S. The van der Waals surface area contributed by atoms with E-state index in [0.717, 1.165) is 24.3 Å². The van der Waals surface area contributed by atoms with E-state index in [4.69, 9.17) is 4.74 Å². The lowest BCUT2D eigenvalue weighted by Gasteiger charge is -2.28. The summed E-state index contributed by atoms with van der Waals surface area (Å²) in [6.45, 7) is 0.578. The summed E-state index contributed by atoms with van der Waals surface area (Å²) >= 11 is 0. The minimum atomic E-state index is -3.10. The molecule has 88 valence electrons. The van der Waals surface area contributed by atoms with Gasteiger partial charge in [-0.2, -0.15) is 0 Å². The van der Waals surface area contributed by atoms with Crippen LogP contribution >= 0.6 is 0 Å². The molecule has 0 bridgehead atoms. The second-order valence-corrected chi connectivity index (χ2v) is 5.81. The summed E-state index contributed by atoms with van der Waals surface area (Å²) in [4.78, 5) is 0. The van der Waals surface area contributed by atoms with Gasteiger partial charge in [-0.15, -0.1) is 0 Å². The van der Waals surface area contributed by atoms with Crippen LogP contribution in [0.25, 0.3) is 0 Å². The molecule has 0 aromatic heterocycles. The third-order valence-corrected chi connectivity index (χ3v) is 4.58. The average Bonchev–Trinajstić information content (AvgIpc) is 2.29. The molecule has 0 unspecified atom stereocenters. The van der Waals surface area contributed by atoms with Crippen molar-refractivity contribution in [1.29, 1.82) is 0 Å². The molecule has 1 aliphatic rings. The minimum Gasteiger partial charge on any atom is -0.497 e. The number of nitrogens with zero attached hydrogens (tertiary/aromatic N) is 1. The highest BCUT2D eigenvalue weighted by Gasteiger charge is 2.25.